The molecule has 0 saturated carbocycles. The second kappa shape index (κ2) is 7.06. The van der Waals surface area contributed by atoms with Crippen LogP contribution in [0.5, 0.6) is 11.5 Å². The molecule has 0 fully saturated rings. The highest BCUT2D eigenvalue weighted by Crippen LogP contribution is 2.35. The van der Waals surface area contributed by atoms with Crippen LogP contribution in [-0.4, -0.2) is 26.7 Å². The van der Waals surface area contributed by atoms with Gasteiger partial charge in [-0.15, -0.1) is 0 Å². The maximum atomic E-state index is 12.3. The Morgan fingerprint density at radius 3 is 2.79 bits per heavy atom. The van der Waals surface area contributed by atoms with Gasteiger partial charge in [0.25, 0.3) is 5.56 Å². The zero-order valence-corrected chi connectivity index (χ0v) is 15.7. The first-order valence-electron chi connectivity index (χ1n) is 8.72. The van der Waals surface area contributed by atoms with Crippen LogP contribution in [0, 0.1) is 0 Å². The van der Waals surface area contributed by atoms with Gasteiger partial charge in [-0.1, -0.05) is 28.9 Å². The predicted octanol–water partition coefficient (Wildman–Crippen LogP) is 3.39. The summed E-state index contributed by atoms with van der Waals surface area (Å²) in [6, 6.07) is 15.7. The summed E-state index contributed by atoms with van der Waals surface area (Å²) in [4.78, 5) is 16.6. The van der Waals surface area contributed by atoms with Crippen molar-refractivity contribution in [2.24, 2.45) is 0 Å². The van der Waals surface area contributed by atoms with E-state index in [4.69, 9.17) is 25.6 Å². The highest BCUT2D eigenvalue weighted by Gasteiger charge is 2.16. The molecule has 0 aliphatic carbocycles. The molecule has 1 aliphatic rings. The molecule has 4 aromatic rings. The first-order valence-corrected chi connectivity index (χ1v) is 9.10. The van der Waals surface area contributed by atoms with Gasteiger partial charge in [0.1, 0.15) is 6.54 Å². The maximum Gasteiger partial charge on any atom is 0.267 e. The first kappa shape index (κ1) is 17.4. The van der Waals surface area contributed by atoms with E-state index in [1.165, 1.54) is 10.7 Å². The Hall–Kier alpha value is -3.65. The van der Waals surface area contributed by atoms with Crippen LogP contribution in [-0.2, 0) is 6.54 Å². The van der Waals surface area contributed by atoms with Crippen LogP contribution in [0.25, 0.3) is 22.6 Å². The Bertz CT molecular complexity index is 1270. The molecular formula is C20H13ClN4O4. The van der Waals surface area contributed by atoms with Crippen molar-refractivity contribution in [3.05, 3.63) is 75.9 Å². The predicted molar refractivity (Wildman–Crippen MR) is 104 cm³/mol. The molecule has 3 heterocycles. The zero-order chi connectivity index (χ0) is 19.8. The molecule has 1 aliphatic heterocycles. The molecule has 0 bridgehead atoms. The normalized spacial score (nSPS) is 12.3. The van der Waals surface area contributed by atoms with Gasteiger partial charge >= 0.3 is 0 Å². The number of hydrogen-bond acceptors (Lipinski definition) is 7. The largest absolute Gasteiger partial charge is 0.454 e. The van der Waals surface area contributed by atoms with Crippen molar-refractivity contribution < 1.29 is 14.0 Å². The van der Waals surface area contributed by atoms with Crippen LogP contribution >= 0.6 is 11.6 Å². The SMILES string of the molecule is O=c1ccc(-c2ccc3c(c2)OCO3)nn1Cc1nc(-c2cccc(Cl)c2)no1. The van der Waals surface area contributed by atoms with Gasteiger partial charge < -0.3 is 14.0 Å². The topological polar surface area (TPSA) is 92.3 Å². The van der Waals surface area contributed by atoms with Gasteiger partial charge in [0.15, 0.2) is 11.5 Å². The Morgan fingerprint density at radius 2 is 1.90 bits per heavy atom. The molecule has 8 nitrogen and oxygen atoms in total. The molecule has 0 saturated heterocycles. The summed E-state index contributed by atoms with van der Waals surface area (Å²) in [5.74, 6) is 1.98. The number of rotatable bonds is 4. The molecule has 0 amide bonds. The van der Waals surface area contributed by atoms with Crippen molar-refractivity contribution >= 4 is 11.6 Å². The standard InChI is InChI=1S/C20H13ClN4O4/c21-14-3-1-2-13(8-14)20-22-18(29-24-20)10-25-19(26)7-5-15(23-25)12-4-6-16-17(9-12)28-11-27-16/h1-9H,10-11H2. The van der Waals surface area contributed by atoms with E-state index in [0.717, 1.165) is 11.1 Å². The molecule has 2 aromatic heterocycles. The molecule has 0 N–H and O–H groups in total. The molecule has 29 heavy (non-hydrogen) atoms. The Balaban J connectivity index is 1.43. The van der Waals surface area contributed by atoms with E-state index < -0.39 is 0 Å². The van der Waals surface area contributed by atoms with Crippen molar-refractivity contribution in [3.63, 3.8) is 0 Å². The van der Waals surface area contributed by atoms with Gasteiger partial charge in [-0.3, -0.25) is 4.79 Å². The summed E-state index contributed by atoms with van der Waals surface area (Å²) in [6.07, 6.45) is 0. The molecular weight excluding hydrogens is 396 g/mol. The summed E-state index contributed by atoms with van der Waals surface area (Å²) >= 11 is 6.00. The number of aromatic nitrogens is 4. The lowest BCUT2D eigenvalue weighted by Crippen LogP contribution is -2.23. The fraction of sp³-hybridized carbons (Fsp3) is 0.100. The van der Waals surface area contributed by atoms with Gasteiger partial charge in [-0.25, -0.2) is 4.68 Å². The quantitative estimate of drug-likeness (QED) is 0.511. The number of hydrogen-bond donors (Lipinski definition) is 0. The van der Waals surface area contributed by atoms with E-state index >= 15 is 0 Å². The van der Waals surface area contributed by atoms with E-state index in [1.807, 2.05) is 24.3 Å². The number of fused-ring (bicyclic) bond motifs is 1. The highest BCUT2D eigenvalue weighted by atomic mass is 35.5. The number of halogens is 1. The van der Waals surface area contributed by atoms with Crippen LogP contribution in [0.3, 0.4) is 0 Å². The minimum absolute atomic E-state index is 0.0464. The molecule has 0 radical (unpaired) electrons. The zero-order valence-electron chi connectivity index (χ0n) is 14.9. The lowest BCUT2D eigenvalue weighted by atomic mass is 10.1. The third-order valence-corrected chi connectivity index (χ3v) is 4.61. The molecule has 9 heteroatoms. The Morgan fingerprint density at radius 1 is 1.00 bits per heavy atom. The molecule has 0 atom stereocenters. The summed E-state index contributed by atoms with van der Waals surface area (Å²) in [6.45, 7) is 0.239. The van der Waals surface area contributed by atoms with Gasteiger partial charge in [0.05, 0.1) is 5.69 Å². The van der Waals surface area contributed by atoms with Crippen molar-refractivity contribution in [2.45, 2.75) is 6.54 Å². The molecule has 0 spiro atoms. The highest BCUT2D eigenvalue weighted by molar-refractivity contribution is 6.30. The molecule has 5 rings (SSSR count). The average Bonchev–Trinajstić information content (AvgIpc) is 3.38. The lowest BCUT2D eigenvalue weighted by Gasteiger charge is -2.06. The van der Waals surface area contributed by atoms with Crippen molar-refractivity contribution in [3.8, 4) is 34.1 Å². The smallest absolute Gasteiger partial charge is 0.267 e. The summed E-state index contributed by atoms with van der Waals surface area (Å²) in [5, 5.41) is 8.95. The minimum Gasteiger partial charge on any atom is -0.454 e. The van der Waals surface area contributed by atoms with Crippen LogP contribution < -0.4 is 15.0 Å². The number of nitrogens with zero attached hydrogens (tertiary/aromatic N) is 4. The van der Waals surface area contributed by atoms with Gasteiger partial charge in [-0.2, -0.15) is 10.1 Å². The second-order valence-corrected chi connectivity index (χ2v) is 6.74. The summed E-state index contributed by atoms with van der Waals surface area (Å²) in [7, 11) is 0. The van der Waals surface area contributed by atoms with Gasteiger partial charge in [0, 0.05) is 22.2 Å². The summed E-state index contributed by atoms with van der Waals surface area (Å²) < 4.78 is 17.3. The number of ether oxygens (including phenoxy) is 2. The Kier molecular flexibility index (Phi) is 4.25. The molecule has 2 aromatic carbocycles. The average molecular weight is 409 g/mol. The van der Waals surface area contributed by atoms with E-state index in [2.05, 4.69) is 15.2 Å². The summed E-state index contributed by atoms with van der Waals surface area (Å²) in [5.41, 5.74) is 1.85. The maximum absolute atomic E-state index is 12.3. The second-order valence-electron chi connectivity index (χ2n) is 6.30. The third-order valence-electron chi connectivity index (χ3n) is 4.37. The van der Waals surface area contributed by atoms with E-state index in [9.17, 15) is 4.79 Å². The van der Waals surface area contributed by atoms with Crippen molar-refractivity contribution in [1.29, 1.82) is 0 Å². The van der Waals surface area contributed by atoms with Gasteiger partial charge in [0.2, 0.25) is 18.5 Å². The van der Waals surface area contributed by atoms with Crippen molar-refractivity contribution in [2.75, 3.05) is 6.79 Å². The molecule has 0 unspecified atom stereocenters. The fourth-order valence-corrected chi connectivity index (χ4v) is 3.15. The first-order chi connectivity index (χ1) is 14.2. The monoisotopic (exact) mass is 408 g/mol. The third kappa shape index (κ3) is 3.45. The van der Waals surface area contributed by atoms with Crippen LogP contribution in [0.2, 0.25) is 5.02 Å². The van der Waals surface area contributed by atoms with E-state index in [0.29, 0.717) is 28.0 Å². The van der Waals surface area contributed by atoms with E-state index in [1.54, 1.807) is 24.3 Å². The fourth-order valence-electron chi connectivity index (χ4n) is 2.96. The minimum atomic E-state index is -0.281. The van der Waals surface area contributed by atoms with Crippen LogP contribution in [0.4, 0.5) is 0 Å². The van der Waals surface area contributed by atoms with E-state index in [-0.39, 0.29) is 24.8 Å². The molecule has 144 valence electrons. The van der Waals surface area contributed by atoms with Crippen LogP contribution in [0.15, 0.2) is 63.9 Å². The van der Waals surface area contributed by atoms with Crippen LogP contribution in [0.1, 0.15) is 5.89 Å². The van der Waals surface area contributed by atoms with Crippen molar-refractivity contribution in [1.82, 2.24) is 19.9 Å². The Labute approximate surface area is 169 Å². The van der Waals surface area contributed by atoms with Gasteiger partial charge in [-0.05, 0) is 36.4 Å². The number of benzene rings is 2. The lowest BCUT2D eigenvalue weighted by molar-refractivity contribution is 0.174.